The summed E-state index contributed by atoms with van der Waals surface area (Å²) in [7, 11) is 0. The van der Waals surface area contributed by atoms with E-state index < -0.39 is 0 Å². The van der Waals surface area contributed by atoms with Crippen LogP contribution >= 0.6 is 23.2 Å². The molecule has 0 aliphatic heterocycles. The van der Waals surface area contributed by atoms with Crippen molar-refractivity contribution in [1.29, 1.82) is 0 Å². The van der Waals surface area contributed by atoms with Gasteiger partial charge >= 0.3 is 0 Å². The van der Waals surface area contributed by atoms with Crippen LogP contribution in [0.15, 0.2) is 18.2 Å². The zero-order valence-corrected chi connectivity index (χ0v) is 13.0. The predicted molar refractivity (Wildman–Crippen MR) is 82.9 cm³/mol. The van der Waals surface area contributed by atoms with Crippen LogP contribution in [-0.2, 0) is 4.79 Å². The second-order valence-electron chi connectivity index (χ2n) is 5.44. The van der Waals surface area contributed by atoms with Gasteiger partial charge in [-0.05, 0) is 49.9 Å². The van der Waals surface area contributed by atoms with E-state index in [1.807, 2.05) is 13.0 Å². The Labute approximate surface area is 129 Å². The van der Waals surface area contributed by atoms with E-state index in [-0.39, 0.29) is 17.9 Å². The molecule has 0 radical (unpaired) electrons. The van der Waals surface area contributed by atoms with Crippen LogP contribution in [0.2, 0.25) is 10.0 Å². The van der Waals surface area contributed by atoms with Crippen molar-refractivity contribution >= 4 is 29.1 Å². The monoisotopic (exact) mass is 314 g/mol. The zero-order valence-electron chi connectivity index (χ0n) is 11.5. The summed E-state index contributed by atoms with van der Waals surface area (Å²) in [5.41, 5.74) is 6.68. The van der Waals surface area contributed by atoms with E-state index in [1.54, 1.807) is 12.1 Å². The lowest BCUT2D eigenvalue weighted by atomic mass is 9.94. The van der Waals surface area contributed by atoms with Gasteiger partial charge in [0.15, 0.2) is 0 Å². The molecule has 1 unspecified atom stereocenters. The lowest BCUT2D eigenvalue weighted by Crippen LogP contribution is -2.36. The fourth-order valence-electron chi connectivity index (χ4n) is 2.85. The fourth-order valence-corrected chi connectivity index (χ4v) is 3.16. The molecule has 1 aliphatic rings. The number of rotatable bonds is 4. The Balaban J connectivity index is 2.01. The van der Waals surface area contributed by atoms with Crippen molar-refractivity contribution in [3.8, 4) is 0 Å². The maximum Gasteiger partial charge on any atom is 0.223 e. The average Bonchev–Trinajstić information content (AvgIpc) is 2.90. The SMILES string of the molecule is CC(NC(=O)[C@@H]1CCC[C@@H]1CN)c1ccc(Cl)c(Cl)c1. The van der Waals surface area contributed by atoms with Crippen LogP contribution in [-0.4, -0.2) is 12.5 Å². The van der Waals surface area contributed by atoms with Crippen molar-refractivity contribution in [3.05, 3.63) is 33.8 Å². The second-order valence-corrected chi connectivity index (χ2v) is 6.25. The van der Waals surface area contributed by atoms with Gasteiger partial charge in [0, 0.05) is 5.92 Å². The minimum absolute atomic E-state index is 0.0465. The third-order valence-corrected chi connectivity index (χ3v) is 4.84. The number of nitrogens with two attached hydrogens (primary N) is 1. The highest BCUT2D eigenvalue weighted by Crippen LogP contribution is 2.32. The third kappa shape index (κ3) is 3.46. The second kappa shape index (κ2) is 6.79. The number of carbonyl (C=O) groups excluding carboxylic acids is 1. The zero-order chi connectivity index (χ0) is 14.7. The van der Waals surface area contributed by atoms with Crippen molar-refractivity contribution in [3.63, 3.8) is 0 Å². The van der Waals surface area contributed by atoms with Crippen molar-refractivity contribution < 1.29 is 4.79 Å². The topological polar surface area (TPSA) is 55.1 Å². The number of hydrogen-bond donors (Lipinski definition) is 2. The first-order valence-corrected chi connectivity index (χ1v) is 7.74. The summed E-state index contributed by atoms with van der Waals surface area (Å²) in [6.07, 6.45) is 3.07. The molecule has 0 heterocycles. The third-order valence-electron chi connectivity index (χ3n) is 4.10. The number of amides is 1. The van der Waals surface area contributed by atoms with Gasteiger partial charge in [-0.2, -0.15) is 0 Å². The molecule has 110 valence electrons. The predicted octanol–water partition coefficient (Wildman–Crippen LogP) is 3.55. The Kier molecular flexibility index (Phi) is 5.30. The first-order valence-electron chi connectivity index (χ1n) is 6.98. The number of halogens is 2. The molecule has 1 saturated carbocycles. The highest BCUT2D eigenvalue weighted by Gasteiger charge is 2.32. The summed E-state index contributed by atoms with van der Waals surface area (Å²) in [5, 5.41) is 4.08. The Morgan fingerprint density at radius 3 is 2.80 bits per heavy atom. The maximum absolute atomic E-state index is 12.3. The van der Waals surface area contributed by atoms with Crippen LogP contribution in [0.25, 0.3) is 0 Å². The van der Waals surface area contributed by atoms with E-state index in [4.69, 9.17) is 28.9 Å². The smallest absolute Gasteiger partial charge is 0.223 e. The van der Waals surface area contributed by atoms with Crippen molar-refractivity contribution in [2.24, 2.45) is 17.6 Å². The molecule has 0 saturated heterocycles. The summed E-state index contributed by atoms with van der Waals surface area (Å²) in [5.74, 6) is 0.456. The van der Waals surface area contributed by atoms with Crippen LogP contribution < -0.4 is 11.1 Å². The van der Waals surface area contributed by atoms with E-state index in [2.05, 4.69) is 5.32 Å². The Bertz CT molecular complexity index is 493. The number of benzene rings is 1. The van der Waals surface area contributed by atoms with E-state index in [0.717, 1.165) is 24.8 Å². The summed E-state index contributed by atoms with van der Waals surface area (Å²) < 4.78 is 0. The highest BCUT2D eigenvalue weighted by atomic mass is 35.5. The van der Waals surface area contributed by atoms with Gasteiger partial charge < -0.3 is 11.1 Å². The minimum Gasteiger partial charge on any atom is -0.349 e. The van der Waals surface area contributed by atoms with Crippen LogP contribution in [0, 0.1) is 11.8 Å². The van der Waals surface area contributed by atoms with Gasteiger partial charge in [0.05, 0.1) is 16.1 Å². The van der Waals surface area contributed by atoms with E-state index in [9.17, 15) is 4.79 Å². The van der Waals surface area contributed by atoms with Crippen LogP contribution in [0.4, 0.5) is 0 Å². The number of hydrogen-bond acceptors (Lipinski definition) is 2. The number of carbonyl (C=O) groups is 1. The molecule has 1 aromatic rings. The van der Waals surface area contributed by atoms with Gasteiger partial charge in [-0.25, -0.2) is 0 Å². The van der Waals surface area contributed by atoms with Gasteiger partial charge in [-0.1, -0.05) is 35.7 Å². The molecule has 0 bridgehead atoms. The molecule has 2 rings (SSSR count). The van der Waals surface area contributed by atoms with Gasteiger partial charge in [0.2, 0.25) is 5.91 Å². The van der Waals surface area contributed by atoms with Crippen molar-refractivity contribution in [1.82, 2.24) is 5.32 Å². The molecule has 3 atom stereocenters. The summed E-state index contributed by atoms with van der Waals surface area (Å²) >= 11 is 11.9. The molecule has 1 amide bonds. The summed E-state index contributed by atoms with van der Waals surface area (Å²) in [6, 6.07) is 5.34. The lowest BCUT2D eigenvalue weighted by molar-refractivity contribution is -0.126. The van der Waals surface area contributed by atoms with Crippen molar-refractivity contribution in [2.75, 3.05) is 6.54 Å². The van der Waals surface area contributed by atoms with Crippen LogP contribution in [0.1, 0.15) is 37.8 Å². The molecule has 0 aromatic heterocycles. The Morgan fingerprint density at radius 2 is 2.15 bits per heavy atom. The first kappa shape index (κ1) is 15.6. The first-order chi connectivity index (χ1) is 9.52. The quantitative estimate of drug-likeness (QED) is 0.893. The number of nitrogens with one attached hydrogen (secondary N) is 1. The van der Waals surface area contributed by atoms with Gasteiger partial charge in [0.25, 0.3) is 0 Å². The van der Waals surface area contributed by atoms with Gasteiger partial charge in [-0.15, -0.1) is 0 Å². The molecule has 1 aromatic carbocycles. The molecular formula is C15H20Cl2N2O. The van der Waals surface area contributed by atoms with Crippen LogP contribution in [0.5, 0.6) is 0 Å². The summed E-state index contributed by atoms with van der Waals surface area (Å²) in [4.78, 5) is 12.3. The fraction of sp³-hybridized carbons (Fsp3) is 0.533. The van der Waals surface area contributed by atoms with Crippen molar-refractivity contribution in [2.45, 2.75) is 32.2 Å². The summed E-state index contributed by atoms with van der Waals surface area (Å²) in [6.45, 7) is 2.53. The standard InChI is InChI=1S/C15H20Cl2N2O/c1-9(10-5-6-13(16)14(17)7-10)19-15(20)12-4-2-3-11(12)8-18/h5-7,9,11-12H,2-4,8,18H2,1H3,(H,19,20)/t9?,11-,12-/m1/s1. The van der Waals surface area contributed by atoms with Gasteiger partial charge in [-0.3, -0.25) is 4.79 Å². The Hall–Kier alpha value is -0.770. The largest absolute Gasteiger partial charge is 0.349 e. The average molecular weight is 315 g/mol. The molecular weight excluding hydrogens is 295 g/mol. The molecule has 20 heavy (non-hydrogen) atoms. The molecule has 1 aliphatic carbocycles. The molecule has 0 spiro atoms. The molecule has 3 nitrogen and oxygen atoms in total. The normalized spacial score (nSPS) is 23.6. The van der Waals surface area contributed by atoms with E-state index in [1.165, 1.54) is 0 Å². The van der Waals surface area contributed by atoms with Crippen LogP contribution in [0.3, 0.4) is 0 Å². The minimum atomic E-state index is -0.0868. The Morgan fingerprint density at radius 1 is 1.40 bits per heavy atom. The lowest BCUT2D eigenvalue weighted by Gasteiger charge is -2.21. The molecule has 5 heteroatoms. The molecule has 3 N–H and O–H groups in total. The maximum atomic E-state index is 12.3. The molecule has 1 fully saturated rings. The van der Waals surface area contributed by atoms with E-state index in [0.29, 0.717) is 22.5 Å². The van der Waals surface area contributed by atoms with E-state index >= 15 is 0 Å². The highest BCUT2D eigenvalue weighted by molar-refractivity contribution is 6.42. The van der Waals surface area contributed by atoms with Gasteiger partial charge in [0.1, 0.15) is 0 Å².